The molecule has 4 aromatic carbocycles. The van der Waals surface area contributed by atoms with E-state index in [9.17, 15) is 18.0 Å². The molecule has 4 rings (SSSR count). The summed E-state index contributed by atoms with van der Waals surface area (Å²) in [4.78, 5) is 29.9. The maximum Gasteiger partial charge on any atom is 0.264 e. The number of hydrogen-bond acceptors (Lipinski definition) is 4. The molecule has 45 heavy (non-hydrogen) atoms. The Morgan fingerprint density at radius 1 is 0.778 bits per heavy atom. The molecule has 0 saturated carbocycles. The van der Waals surface area contributed by atoms with E-state index < -0.39 is 28.5 Å². The number of anilines is 1. The van der Waals surface area contributed by atoms with Crippen LogP contribution in [-0.2, 0) is 32.6 Å². The molecule has 0 aromatic heterocycles. The lowest BCUT2D eigenvalue weighted by Gasteiger charge is -2.34. The number of hydrogen-bond donors (Lipinski definition) is 1. The van der Waals surface area contributed by atoms with E-state index in [2.05, 4.69) is 5.32 Å². The van der Waals surface area contributed by atoms with Gasteiger partial charge in [-0.2, -0.15) is 0 Å². The van der Waals surface area contributed by atoms with Crippen molar-refractivity contribution < 1.29 is 18.0 Å². The Balaban J connectivity index is 1.83. The molecule has 0 saturated heterocycles. The zero-order valence-electron chi connectivity index (χ0n) is 26.3. The van der Waals surface area contributed by atoms with Gasteiger partial charge < -0.3 is 10.2 Å². The second-order valence-corrected chi connectivity index (χ2v) is 14.0. The quantitative estimate of drug-likeness (QED) is 0.188. The summed E-state index contributed by atoms with van der Waals surface area (Å²) in [5.74, 6) is -0.853. The Kier molecular flexibility index (Phi) is 11.1. The minimum Gasteiger partial charge on any atom is -0.352 e. The largest absolute Gasteiger partial charge is 0.352 e. The molecule has 0 aliphatic heterocycles. The molecule has 236 valence electrons. The van der Waals surface area contributed by atoms with Crippen LogP contribution in [0.25, 0.3) is 0 Å². The van der Waals surface area contributed by atoms with Crippen LogP contribution in [0.2, 0.25) is 5.02 Å². The van der Waals surface area contributed by atoms with Crippen LogP contribution in [0, 0.1) is 20.8 Å². The third kappa shape index (κ3) is 8.96. The minimum atomic E-state index is -4.17. The number of aryl methyl sites for hydroxylation is 3. The number of nitrogens with one attached hydrogen (secondary N) is 1. The fourth-order valence-electron chi connectivity index (χ4n) is 5.23. The highest BCUT2D eigenvalue weighted by Crippen LogP contribution is 2.27. The van der Waals surface area contributed by atoms with Crippen LogP contribution in [0.15, 0.2) is 102 Å². The van der Waals surface area contributed by atoms with Gasteiger partial charge in [0.2, 0.25) is 11.8 Å². The van der Waals surface area contributed by atoms with Crippen LogP contribution in [0.5, 0.6) is 0 Å². The van der Waals surface area contributed by atoms with Crippen molar-refractivity contribution in [2.45, 2.75) is 64.6 Å². The lowest BCUT2D eigenvalue weighted by molar-refractivity contribution is -0.140. The monoisotopic (exact) mass is 645 g/mol. The van der Waals surface area contributed by atoms with Gasteiger partial charge in [-0.1, -0.05) is 77.8 Å². The van der Waals surface area contributed by atoms with Crippen molar-refractivity contribution in [3.63, 3.8) is 0 Å². The van der Waals surface area contributed by atoms with E-state index in [0.717, 1.165) is 26.6 Å². The molecule has 0 radical (unpaired) electrons. The first-order chi connectivity index (χ1) is 21.3. The van der Waals surface area contributed by atoms with Gasteiger partial charge in [-0.05, 0) is 93.3 Å². The van der Waals surface area contributed by atoms with E-state index in [1.54, 1.807) is 54.6 Å². The van der Waals surface area contributed by atoms with Crippen molar-refractivity contribution in [1.82, 2.24) is 10.2 Å². The van der Waals surface area contributed by atoms with Gasteiger partial charge in [-0.25, -0.2) is 8.42 Å². The van der Waals surface area contributed by atoms with Crippen molar-refractivity contribution >= 4 is 39.1 Å². The molecule has 4 aromatic rings. The number of amides is 2. The van der Waals surface area contributed by atoms with Gasteiger partial charge in [0.15, 0.2) is 0 Å². The molecule has 1 atom stereocenters. The van der Waals surface area contributed by atoms with Crippen LogP contribution in [-0.4, -0.2) is 43.8 Å². The average molecular weight is 646 g/mol. The summed E-state index contributed by atoms with van der Waals surface area (Å²) < 4.78 is 29.6. The number of carbonyl (C=O) groups excluding carboxylic acids is 2. The van der Waals surface area contributed by atoms with Crippen LogP contribution < -0.4 is 9.62 Å². The lowest BCUT2D eigenvalue weighted by atomic mass is 10.0. The minimum absolute atomic E-state index is 0.0493. The van der Waals surface area contributed by atoms with Gasteiger partial charge in [-0.3, -0.25) is 13.9 Å². The van der Waals surface area contributed by atoms with Crippen LogP contribution in [0.1, 0.15) is 41.7 Å². The molecule has 1 unspecified atom stereocenters. The van der Waals surface area contributed by atoms with Crippen molar-refractivity contribution in [3.05, 3.63) is 130 Å². The van der Waals surface area contributed by atoms with Crippen molar-refractivity contribution in [2.24, 2.45) is 0 Å². The SMILES string of the molecule is Cc1ccc(S(=O)(=O)N(CC(=O)N(Cc2cccc(Cl)c2)C(Cc2ccccc2)C(=O)NC(C)C)c2cc(C)cc(C)c2)cc1. The van der Waals surface area contributed by atoms with Crippen molar-refractivity contribution in [2.75, 3.05) is 10.8 Å². The van der Waals surface area contributed by atoms with E-state index in [4.69, 9.17) is 11.6 Å². The van der Waals surface area contributed by atoms with E-state index in [-0.39, 0.29) is 29.8 Å². The molecule has 0 fully saturated rings. The predicted octanol–water partition coefficient (Wildman–Crippen LogP) is 6.63. The molecule has 9 heteroatoms. The smallest absolute Gasteiger partial charge is 0.264 e. The zero-order chi connectivity index (χ0) is 32.7. The highest BCUT2D eigenvalue weighted by Gasteiger charge is 2.35. The van der Waals surface area contributed by atoms with E-state index >= 15 is 0 Å². The highest BCUT2D eigenvalue weighted by molar-refractivity contribution is 7.92. The standard InChI is InChI=1S/C36H40ClN3O4S/c1-25(2)38-36(42)34(22-29-10-7-6-8-11-29)39(23-30-12-9-13-31(37)21-30)35(41)24-40(32-19-27(4)18-28(5)20-32)45(43,44)33-16-14-26(3)15-17-33/h6-21,25,34H,22-24H2,1-5H3,(H,38,42). The number of carbonyl (C=O) groups is 2. The van der Waals surface area contributed by atoms with Crippen LogP contribution >= 0.6 is 11.6 Å². The molecular formula is C36H40ClN3O4S. The third-order valence-electron chi connectivity index (χ3n) is 7.33. The summed E-state index contributed by atoms with van der Waals surface area (Å²) in [5.41, 5.74) is 4.58. The molecule has 0 bridgehead atoms. The van der Waals surface area contributed by atoms with E-state index in [1.165, 1.54) is 4.90 Å². The molecule has 2 amide bonds. The lowest BCUT2D eigenvalue weighted by Crippen LogP contribution is -2.54. The molecule has 0 heterocycles. The van der Waals surface area contributed by atoms with Crippen molar-refractivity contribution in [1.29, 1.82) is 0 Å². The molecular weight excluding hydrogens is 606 g/mol. The summed E-state index contributed by atoms with van der Waals surface area (Å²) in [6.07, 6.45) is 0.236. The fourth-order valence-corrected chi connectivity index (χ4v) is 6.84. The molecule has 0 spiro atoms. The molecule has 1 N–H and O–H groups in total. The summed E-state index contributed by atoms with van der Waals surface area (Å²) in [5, 5.41) is 3.46. The van der Waals surface area contributed by atoms with Gasteiger partial charge in [0, 0.05) is 24.0 Å². The fraction of sp³-hybridized carbons (Fsp3) is 0.278. The zero-order valence-corrected chi connectivity index (χ0v) is 27.9. The normalized spacial score (nSPS) is 12.1. The summed E-state index contributed by atoms with van der Waals surface area (Å²) in [7, 11) is -4.17. The Labute approximate surface area is 271 Å². The average Bonchev–Trinajstić information content (AvgIpc) is 2.97. The maximum absolute atomic E-state index is 14.5. The first kappa shape index (κ1) is 33.7. The number of rotatable bonds is 12. The number of benzene rings is 4. The van der Waals surface area contributed by atoms with E-state index in [1.807, 2.05) is 77.1 Å². The first-order valence-electron chi connectivity index (χ1n) is 14.9. The second-order valence-electron chi connectivity index (χ2n) is 11.7. The topological polar surface area (TPSA) is 86.8 Å². The van der Waals surface area contributed by atoms with Gasteiger partial charge in [0.1, 0.15) is 12.6 Å². The molecule has 7 nitrogen and oxygen atoms in total. The Morgan fingerprint density at radius 3 is 2.00 bits per heavy atom. The number of sulfonamides is 1. The van der Waals surface area contributed by atoms with E-state index in [0.29, 0.717) is 16.3 Å². The maximum atomic E-state index is 14.5. The Morgan fingerprint density at radius 2 is 1.40 bits per heavy atom. The molecule has 0 aliphatic carbocycles. The first-order valence-corrected chi connectivity index (χ1v) is 16.7. The van der Waals surface area contributed by atoms with Gasteiger partial charge in [-0.15, -0.1) is 0 Å². The second kappa shape index (κ2) is 14.8. The van der Waals surface area contributed by atoms with Gasteiger partial charge in [0.25, 0.3) is 10.0 Å². The third-order valence-corrected chi connectivity index (χ3v) is 9.35. The van der Waals surface area contributed by atoms with Crippen LogP contribution in [0.4, 0.5) is 5.69 Å². The summed E-state index contributed by atoms with van der Waals surface area (Å²) in [6, 6.07) is 27.4. The summed E-state index contributed by atoms with van der Waals surface area (Å²) >= 11 is 6.31. The Hall–Kier alpha value is -4.14. The summed E-state index contributed by atoms with van der Waals surface area (Å²) in [6.45, 7) is 8.89. The predicted molar refractivity (Wildman–Crippen MR) is 181 cm³/mol. The van der Waals surface area contributed by atoms with Gasteiger partial charge >= 0.3 is 0 Å². The molecule has 0 aliphatic rings. The number of nitrogens with zero attached hydrogens (tertiary/aromatic N) is 2. The highest BCUT2D eigenvalue weighted by atomic mass is 35.5. The number of halogens is 1. The Bertz CT molecular complexity index is 1720. The van der Waals surface area contributed by atoms with Gasteiger partial charge in [0.05, 0.1) is 10.6 Å². The van der Waals surface area contributed by atoms with Crippen LogP contribution in [0.3, 0.4) is 0 Å². The van der Waals surface area contributed by atoms with Crippen molar-refractivity contribution in [3.8, 4) is 0 Å².